The molecule has 0 saturated heterocycles. The summed E-state index contributed by atoms with van der Waals surface area (Å²) in [5.41, 5.74) is 8.65. The van der Waals surface area contributed by atoms with Crippen molar-refractivity contribution in [2.75, 3.05) is 0 Å². The van der Waals surface area contributed by atoms with E-state index in [0.717, 1.165) is 12.2 Å². The molecule has 0 bridgehead atoms. The van der Waals surface area contributed by atoms with Gasteiger partial charge in [-0.05, 0) is 77.4 Å². The molecule has 1 saturated carbocycles. The SMILES string of the molecule is CCCCC(NC1CCCCC1)c1ccccc1O[Si](C)(C)C1C(C(C)C)=Cc2c(-c3cccc4ccccc34)cccc21. The van der Waals surface area contributed by atoms with Crippen LogP contribution in [0.5, 0.6) is 5.75 Å². The van der Waals surface area contributed by atoms with Gasteiger partial charge in [0.05, 0.1) is 0 Å². The smallest absolute Gasteiger partial charge is 0.256 e. The third-order valence-electron chi connectivity index (χ3n) is 10.1. The van der Waals surface area contributed by atoms with Crippen LogP contribution in [0.15, 0.2) is 90.5 Å². The normalized spacial score (nSPS) is 18.0. The lowest BCUT2D eigenvalue weighted by Crippen LogP contribution is -2.43. The van der Waals surface area contributed by atoms with E-state index in [1.54, 1.807) is 0 Å². The first-order valence-corrected chi connectivity index (χ1v) is 20.2. The van der Waals surface area contributed by atoms with E-state index in [2.05, 4.69) is 130 Å². The monoisotopic (exact) mass is 601 g/mol. The lowest BCUT2D eigenvalue weighted by Gasteiger charge is -2.36. The van der Waals surface area contributed by atoms with Gasteiger partial charge in [0, 0.05) is 23.2 Å². The van der Waals surface area contributed by atoms with Crippen LogP contribution in [0.2, 0.25) is 13.1 Å². The Kier molecular flexibility index (Phi) is 9.44. The van der Waals surface area contributed by atoms with Crippen LogP contribution in [0.3, 0.4) is 0 Å². The summed E-state index contributed by atoms with van der Waals surface area (Å²) >= 11 is 0. The third kappa shape index (κ3) is 6.32. The third-order valence-corrected chi connectivity index (χ3v) is 12.9. The van der Waals surface area contributed by atoms with Crippen LogP contribution in [0.25, 0.3) is 28.0 Å². The van der Waals surface area contributed by atoms with E-state index in [1.807, 2.05) is 0 Å². The van der Waals surface area contributed by atoms with Gasteiger partial charge in [0.15, 0.2) is 0 Å². The molecule has 2 aliphatic carbocycles. The molecule has 0 amide bonds. The minimum absolute atomic E-state index is 0.306. The summed E-state index contributed by atoms with van der Waals surface area (Å²) in [6.07, 6.45) is 12.8. The lowest BCUT2D eigenvalue weighted by molar-refractivity contribution is 0.324. The number of rotatable bonds is 11. The fourth-order valence-electron chi connectivity index (χ4n) is 7.89. The molecule has 0 radical (unpaired) electrons. The van der Waals surface area contributed by atoms with Crippen LogP contribution in [-0.2, 0) is 0 Å². The number of benzene rings is 4. The Bertz CT molecular complexity index is 1610. The summed E-state index contributed by atoms with van der Waals surface area (Å²) in [7, 11) is -2.32. The van der Waals surface area contributed by atoms with E-state index in [1.165, 1.54) is 89.1 Å². The molecule has 2 atom stereocenters. The Balaban J connectivity index is 1.37. The van der Waals surface area contributed by atoms with Gasteiger partial charge in [-0.1, -0.05) is 143 Å². The molecule has 6 rings (SSSR count). The molecule has 0 spiro atoms. The molecule has 2 aliphatic rings. The molecule has 4 aromatic rings. The predicted octanol–water partition coefficient (Wildman–Crippen LogP) is 11.6. The van der Waals surface area contributed by atoms with Crippen molar-refractivity contribution in [1.82, 2.24) is 5.32 Å². The molecule has 230 valence electrons. The van der Waals surface area contributed by atoms with E-state index in [0.29, 0.717) is 23.5 Å². The van der Waals surface area contributed by atoms with Crippen molar-refractivity contribution in [3.05, 3.63) is 107 Å². The molecular formula is C41H51NOSi. The van der Waals surface area contributed by atoms with Gasteiger partial charge in [0.25, 0.3) is 8.32 Å². The largest absolute Gasteiger partial charge is 0.543 e. The predicted molar refractivity (Wildman–Crippen MR) is 192 cm³/mol. The second-order valence-electron chi connectivity index (χ2n) is 14.0. The Morgan fingerprint density at radius 1 is 0.818 bits per heavy atom. The van der Waals surface area contributed by atoms with Crippen molar-refractivity contribution >= 4 is 25.2 Å². The van der Waals surface area contributed by atoms with E-state index >= 15 is 0 Å². The highest BCUT2D eigenvalue weighted by atomic mass is 28.4. The average Bonchev–Trinajstić information content (AvgIpc) is 3.45. The Morgan fingerprint density at radius 3 is 2.32 bits per heavy atom. The van der Waals surface area contributed by atoms with E-state index < -0.39 is 8.32 Å². The fraction of sp³-hybridized carbons (Fsp3) is 0.415. The summed E-state index contributed by atoms with van der Waals surface area (Å²) in [6.45, 7) is 11.9. The first-order valence-electron chi connectivity index (χ1n) is 17.2. The average molecular weight is 602 g/mol. The van der Waals surface area contributed by atoms with Gasteiger partial charge < -0.3 is 9.74 Å². The zero-order chi connectivity index (χ0) is 30.7. The van der Waals surface area contributed by atoms with Crippen LogP contribution in [0.4, 0.5) is 0 Å². The van der Waals surface area contributed by atoms with E-state index in [9.17, 15) is 0 Å². The molecule has 2 nitrogen and oxygen atoms in total. The molecule has 1 fully saturated rings. The second kappa shape index (κ2) is 13.5. The first kappa shape index (κ1) is 30.9. The standard InChI is InChI=1S/C41H51NOSi/c1-6-7-26-39(42-31-19-9-8-10-20-31)36-22-13-14-27-40(36)43-44(4,5)41-35-25-16-24-34(38(35)28-37(41)29(2)3)33-23-15-18-30-17-11-12-21-32(30)33/h11-18,21-25,27-29,31,39,41-42H,6-10,19-20,26H2,1-5H3. The minimum Gasteiger partial charge on any atom is -0.543 e. The van der Waals surface area contributed by atoms with Crippen LogP contribution < -0.4 is 9.74 Å². The maximum atomic E-state index is 7.38. The number of fused-ring (bicyclic) bond motifs is 2. The highest BCUT2D eigenvalue weighted by Crippen LogP contribution is 2.49. The van der Waals surface area contributed by atoms with Crippen molar-refractivity contribution in [2.45, 2.75) is 103 Å². The zero-order valence-corrected chi connectivity index (χ0v) is 28.5. The molecule has 0 aromatic heterocycles. The number of allylic oxidation sites excluding steroid dienone is 1. The number of hydrogen-bond donors (Lipinski definition) is 1. The maximum absolute atomic E-state index is 7.38. The Labute approximate surface area is 267 Å². The molecular weight excluding hydrogens is 551 g/mol. The Hall–Kier alpha value is -3.14. The number of unbranched alkanes of at least 4 members (excludes halogenated alkanes) is 1. The van der Waals surface area contributed by atoms with Crippen LogP contribution in [0, 0.1) is 5.92 Å². The van der Waals surface area contributed by atoms with Gasteiger partial charge in [-0.2, -0.15) is 0 Å². The van der Waals surface area contributed by atoms with Crippen molar-refractivity contribution < 1.29 is 4.43 Å². The summed E-state index contributed by atoms with van der Waals surface area (Å²) in [5.74, 6) is 1.54. The zero-order valence-electron chi connectivity index (χ0n) is 27.5. The summed E-state index contributed by atoms with van der Waals surface area (Å²) in [4.78, 5) is 0. The van der Waals surface area contributed by atoms with Crippen molar-refractivity contribution in [2.24, 2.45) is 5.92 Å². The van der Waals surface area contributed by atoms with Gasteiger partial charge in [-0.15, -0.1) is 0 Å². The summed E-state index contributed by atoms with van der Waals surface area (Å²) in [6, 6.07) is 32.4. The Morgan fingerprint density at radius 2 is 1.52 bits per heavy atom. The van der Waals surface area contributed by atoms with Gasteiger partial charge >= 0.3 is 0 Å². The highest BCUT2D eigenvalue weighted by Gasteiger charge is 2.44. The topological polar surface area (TPSA) is 21.3 Å². The van der Waals surface area contributed by atoms with E-state index in [-0.39, 0.29) is 0 Å². The molecule has 44 heavy (non-hydrogen) atoms. The fourth-order valence-corrected chi connectivity index (χ4v) is 11.0. The van der Waals surface area contributed by atoms with Crippen molar-refractivity contribution in [3.8, 4) is 16.9 Å². The number of para-hydroxylation sites is 1. The van der Waals surface area contributed by atoms with E-state index in [4.69, 9.17) is 4.43 Å². The molecule has 0 aliphatic heterocycles. The van der Waals surface area contributed by atoms with Crippen LogP contribution >= 0.6 is 0 Å². The number of hydrogen-bond acceptors (Lipinski definition) is 2. The summed E-state index contributed by atoms with van der Waals surface area (Å²) in [5, 5.41) is 6.72. The lowest BCUT2D eigenvalue weighted by atomic mass is 9.92. The molecule has 4 aromatic carbocycles. The first-order chi connectivity index (χ1) is 21.4. The van der Waals surface area contributed by atoms with Gasteiger partial charge in [-0.25, -0.2) is 0 Å². The van der Waals surface area contributed by atoms with Gasteiger partial charge in [0.1, 0.15) is 5.75 Å². The maximum Gasteiger partial charge on any atom is 0.256 e. The molecule has 1 N–H and O–H groups in total. The molecule has 0 heterocycles. The minimum atomic E-state index is -2.32. The highest BCUT2D eigenvalue weighted by molar-refractivity contribution is 6.74. The molecule has 2 unspecified atom stereocenters. The van der Waals surface area contributed by atoms with Crippen LogP contribution in [0.1, 0.15) is 100 Å². The van der Waals surface area contributed by atoms with Gasteiger partial charge in [0.2, 0.25) is 0 Å². The van der Waals surface area contributed by atoms with Gasteiger partial charge in [-0.3, -0.25) is 0 Å². The molecule has 3 heteroatoms. The van der Waals surface area contributed by atoms with Crippen LogP contribution in [-0.4, -0.2) is 14.4 Å². The van der Waals surface area contributed by atoms with Crippen molar-refractivity contribution in [3.63, 3.8) is 0 Å². The number of nitrogens with one attached hydrogen (secondary N) is 1. The quantitative estimate of drug-likeness (QED) is 0.173. The summed E-state index contributed by atoms with van der Waals surface area (Å²) < 4.78 is 7.38. The second-order valence-corrected chi connectivity index (χ2v) is 18.0. The van der Waals surface area contributed by atoms with Crippen molar-refractivity contribution in [1.29, 1.82) is 0 Å².